The van der Waals surface area contributed by atoms with Crippen LogP contribution < -0.4 is 10.2 Å². The Bertz CT molecular complexity index is 873. The van der Waals surface area contributed by atoms with Gasteiger partial charge in [0.05, 0.1) is 25.1 Å². The molecule has 1 N–H and O–H groups in total. The molecule has 2 aromatic rings. The fourth-order valence-electron chi connectivity index (χ4n) is 3.67. The number of hydrogen-bond acceptors (Lipinski definition) is 5. The van der Waals surface area contributed by atoms with E-state index in [1.54, 1.807) is 0 Å². The first-order chi connectivity index (χ1) is 14.0. The van der Waals surface area contributed by atoms with E-state index in [0.29, 0.717) is 6.54 Å². The van der Waals surface area contributed by atoms with Crippen molar-refractivity contribution < 1.29 is 9.53 Å². The van der Waals surface area contributed by atoms with Gasteiger partial charge < -0.3 is 19.9 Å². The summed E-state index contributed by atoms with van der Waals surface area (Å²) < 4.78 is 4.90. The fraction of sp³-hybridized carbons (Fsp3) is 0.500. The van der Waals surface area contributed by atoms with E-state index in [0.717, 1.165) is 60.7 Å². The molecule has 7 nitrogen and oxygen atoms in total. The molecule has 7 heteroatoms. The van der Waals surface area contributed by atoms with Gasteiger partial charge in [-0.1, -0.05) is 18.2 Å². The summed E-state index contributed by atoms with van der Waals surface area (Å²) in [6, 6.07) is 10.3. The topological polar surface area (TPSA) is 70.1 Å². The van der Waals surface area contributed by atoms with Crippen molar-refractivity contribution in [1.29, 1.82) is 0 Å². The number of carbonyl (C=O) groups excluding carboxylic acids is 1. The number of rotatable bonds is 5. The number of guanidine groups is 1. The van der Waals surface area contributed by atoms with Crippen molar-refractivity contribution in [2.24, 2.45) is 10.9 Å². The maximum absolute atomic E-state index is 11.8. The van der Waals surface area contributed by atoms with Crippen molar-refractivity contribution >= 4 is 28.6 Å². The Balaban J connectivity index is 1.81. The molecule has 0 radical (unpaired) electrons. The number of anilines is 1. The average Bonchev–Trinajstić information content (AvgIpc) is 2.75. The molecule has 0 unspecified atom stereocenters. The molecule has 1 aliphatic heterocycles. The smallest absolute Gasteiger partial charge is 0.308 e. The number of piperidine rings is 1. The lowest BCUT2D eigenvalue weighted by atomic mass is 9.97. The van der Waals surface area contributed by atoms with Crippen molar-refractivity contribution in [2.45, 2.75) is 26.3 Å². The molecule has 156 valence electrons. The highest BCUT2D eigenvalue weighted by Gasteiger charge is 2.27. The third kappa shape index (κ3) is 4.96. The van der Waals surface area contributed by atoms with E-state index >= 15 is 0 Å². The van der Waals surface area contributed by atoms with Crippen LogP contribution in [0.25, 0.3) is 10.9 Å². The quantitative estimate of drug-likeness (QED) is 0.475. The number of carbonyl (C=O) groups is 1. The van der Waals surface area contributed by atoms with Crippen LogP contribution in [-0.4, -0.2) is 62.7 Å². The van der Waals surface area contributed by atoms with Crippen LogP contribution in [0.2, 0.25) is 0 Å². The Morgan fingerprint density at radius 3 is 2.69 bits per heavy atom. The van der Waals surface area contributed by atoms with Crippen molar-refractivity contribution in [3.63, 3.8) is 0 Å². The molecule has 0 amide bonds. The first-order valence-corrected chi connectivity index (χ1v) is 10.2. The van der Waals surface area contributed by atoms with Gasteiger partial charge in [-0.15, -0.1) is 0 Å². The highest BCUT2D eigenvalue weighted by atomic mass is 16.5. The van der Waals surface area contributed by atoms with Gasteiger partial charge in [-0.3, -0.25) is 4.79 Å². The number of methoxy groups -OCH3 is 1. The molecule has 0 aliphatic carbocycles. The van der Waals surface area contributed by atoms with Crippen molar-refractivity contribution in [3.8, 4) is 0 Å². The Kier molecular flexibility index (Phi) is 6.90. The van der Waals surface area contributed by atoms with Crippen LogP contribution in [0.1, 0.15) is 25.3 Å². The second-order valence-corrected chi connectivity index (χ2v) is 7.51. The SMILES string of the molecule is CCNC(=NCc1cc(N(C)C)nc2ccccc12)N1CCC(C(=O)OC)CC1. The summed E-state index contributed by atoms with van der Waals surface area (Å²) in [5.41, 5.74) is 2.13. The number of nitrogens with zero attached hydrogens (tertiary/aromatic N) is 4. The highest BCUT2D eigenvalue weighted by Crippen LogP contribution is 2.23. The largest absolute Gasteiger partial charge is 0.469 e. The van der Waals surface area contributed by atoms with E-state index in [-0.39, 0.29) is 11.9 Å². The summed E-state index contributed by atoms with van der Waals surface area (Å²) in [5, 5.41) is 4.53. The molecule has 2 heterocycles. The summed E-state index contributed by atoms with van der Waals surface area (Å²) in [5.74, 6) is 1.71. The minimum atomic E-state index is -0.106. The van der Waals surface area contributed by atoms with Gasteiger partial charge in [-0.05, 0) is 37.5 Å². The molecule has 0 atom stereocenters. The normalized spacial score (nSPS) is 15.4. The molecular formula is C22H31N5O2. The van der Waals surface area contributed by atoms with E-state index in [9.17, 15) is 4.79 Å². The molecule has 29 heavy (non-hydrogen) atoms. The number of aromatic nitrogens is 1. The predicted molar refractivity (Wildman–Crippen MR) is 117 cm³/mol. The fourth-order valence-corrected chi connectivity index (χ4v) is 3.67. The molecule has 1 aliphatic rings. The van der Waals surface area contributed by atoms with Crippen molar-refractivity contribution in [1.82, 2.24) is 15.2 Å². The number of fused-ring (bicyclic) bond motifs is 1. The predicted octanol–water partition coefficient (Wildman–Crippen LogP) is 2.65. The van der Waals surface area contributed by atoms with Gasteiger partial charge in [0, 0.05) is 39.1 Å². The average molecular weight is 398 g/mol. The van der Waals surface area contributed by atoms with Gasteiger partial charge in [-0.2, -0.15) is 0 Å². The van der Waals surface area contributed by atoms with Gasteiger partial charge in [0.1, 0.15) is 5.82 Å². The Hall–Kier alpha value is -2.83. The monoisotopic (exact) mass is 397 g/mol. The number of ether oxygens (including phenoxy) is 1. The van der Waals surface area contributed by atoms with Crippen LogP contribution in [0, 0.1) is 5.92 Å². The molecule has 1 fully saturated rings. The number of aliphatic imine (C=N–C) groups is 1. The second kappa shape index (κ2) is 9.58. The van der Waals surface area contributed by atoms with Gasteiger partial charge in [0.2, 0.25) is 0 Å². The first kappa shape index (κ1) is 20.9. The molecule has 1 aromatic heterocycles. The van der Waals surface area contributed by atoms with Crippen molar-refractivity contribution in [2.75, 3.05) is 45.7 Å². The second-order valence-electron chi connectivity index (χ2n) is 7.51. The Labute approximate surface area is 172 Å². The number of pyridine rings is 1. The number of para-hydroxylation sites is 1. The molecule has 3 rings (SSSR count). The molecular weight excluding hydrogens is 366 g/mol. The van der Waals surface area contributed by atoms with Crippen molar-refractivity contribution in [3.05, 3.63) is 35.9 Å². The maximum atomic E-state index is 11.8. The van der Waals surface area contributed by atoms with Crippen LogP contribution in [0.15, 0.2) is 35.3 Å². The van der Waals surface area contributed by atoms with Gasteiger partial charge in [-0.25, -0.2) is 9.98 Å². The standard InChI is InChI=1S/C22H31N5O2/c1-5-23-22(27-12-10-16(11-13-27)21(28)29-4)24-15-17-14-20(26(2)3)25-19-9-7-6-8-18(17)19/h6-9,14,16H,5,10-13,15H2,1-4H3,(H,23,24). The third-order valence-electron chi connectivity index (χ3n) is 5.31. The lowest BCUT2D eigenvalue weighted by Gasteiger charge is -2.33. The molecule has 1 aromatic carbocycles. The molecule has 0 bridgehead atoms. The van der Waals surface area contributed by atoms with Gasteiger partial charge in [0.25, 0.3) is 0 Å². The minimum absolute atomic E-state index is 0.00841. The number of likely N-dealkylation sites (tertiary alicyclic amines) is 1. The summed E-state index contributed by atoms with van der Waals surface area (Å²) in [4.78, 5) is 25.7. The van der Waals surface area contributed by atoms with Gasteiger partial charge in [0.15, 0.2) is 5.96 Å². The lowest BCUT2D eigenvalue weighted by molar-refractivity contribution is -0.146. The first-order valence-electron chi connectivity index (χ1n) is 10.2. The molecule has 0 saturated carbocycles. The minimum Gasteiger partial charge on any atom is -0.469 e. The van der Waals surface area contributed by atoms with E-state index in [1.807, 2.05) is 37.2 Å². The van der Waals surface area contributed by atoms with Crippen LogP contribution in [0.5, 0.6) is 0 Å². The van der Waals surface area contributed by atoms with Crippen LogP contribution in [0.3, 0.4) is 0 Å². The number of benzene rings is 1. The van der Waals surface area contributed by atoms with E-state index in [4.69, 9.17) is 14.7 Å². The zero-order chi connectivity index (χ0) is 20.8. The van der Waals surface area contributed by atoms with E-state index < -0.39 is 0 Å². The number of esters is 1. The molecule has 1 saturated heterocycles. The Morgan fingerprint density at radius 2 is 2.03 bits per heavy atom. The highest BCUT2D eigenvalue weighted by molar-refractivity contribution is 5.85. The van der Waals surface area contributed by atoms with Gasteiger partial charge >= 0.3 is 5.97 Å². The molecule has 0 spiro atoms. The summed E-state index contributed by atoms with van der Waals surface area (Å²) in [6.45, 7) is 5.04. The van der Waals surface area contributed by atoms with E-state index in [1.165, 1.54) is 7.11 Å². The summed E-state index contributed by atoms with van der Waals surface area (Å²) >= 11 is 0. The number of hydrogen-bond donors (Lipinski definition) is 1. The summed E-state index contributed by atoms with van der Waals surface area (Å²) in [6.07, 6.45) is 1.58. The maximum Gasteiger partial charge on any atom is 0.308 e. The van der Waals surface area contributed by atoms with E-state index in [2.05, 4.69) is 29.3 Å². The third-order valence-corrected chi connectivity index (χ3v) is 5.31. The zero-order valence-electron chi connectivity index (χ0n) is 17.8. The number of nitrogens with one attached hydrogen (secondary N) is 1. The van der Waals surface area contributed by atoms with Crippen LogP contribution in [0.4, 0.5) is 5.82 Å². The summed E-state index contributed by atoms with van der Waals surface area (Å²) in [7, 11) is 5.46. The van der Waals surface area contributed by atoms with Crippen LogP contribution in [-0.2, 0) is 16.1 Å². The Morgan fingerprint density at radius 1 is 1.31 bits per heavy atom. The zero-order valence-corrected chi connectivity index (χ0v) is 17.8. The van der Waals surface area contributed by atoms with Crippen LogP contribution >= 0.6 is 0 Å². The lowest BCUT2D eigenvalue weighted by Crippen LogP contribution is -2.46.